The predicted molar refractivity (Wildman–Crippen MR) is 136 cm³/mol. The van der Waals surface area contributed by atoms with Crippen LogP contribution in [0.15, 0.2) is 67.4 Å². The topological polar surface area (TPSA) is 103 Å². The molecule has 4 N–H and O–H groups in total. The summed E-state index contributed by atoms with van der Waals surface area (Å²) in [5.74, 6) is 2.99. The average molecular weight is 445 g/mol. The molecule has 2 aromatic carbocycles. The third kappa shape index (κ3) is 5.45. The fourth-order valence-electron chi connectivity index (χ4n) is 3.88. The maximum Gasteiger partial charge on any atom is 0.135 e. The van der Waals surface area contributed by atoms with Gasteiger partial charge in [0.25, 0.3) is 0 Å². The van der Waals surface area contributed by atoms with Gasteiger partial charge in [0.15, 0.2) is 0 Å². The Bertz CT molecular complexity index is 1220. The van der Waals surface area contributed by atoms with E-state index in [4.69, 9.17) is 20.3 Å². The van der Waals surface area contributed by atoms with Gasteiger partial charge in [-0.3, -0.25) is 9.98 Å². The maximum atomic E-state index is 6.10. The van der Waals surface area contributed by atoms with Gasteiger partial charge in [-0.2, -0.15) is 0 Å². The van der Waals surface area contributed by atoms with Crippen LogP contribution in [0.4, 0.5) is 0 Å². The lowest BCUT2D eigenvalue weighted by atomic mass is 10.1. The van der Waals surface area contributed by atoms with Crippen LogP contribution in [0.1, 0.15) is 56.8 Å². The van der Waals surface area contributed by atoms with Crippen molar-refractivity contribution in [3.8, 4) is 0 Å². The fraction of sp³-hybridized carbons (Fsp3) is 0.333. The Morgan fingerprint density at radius 2 is 1.12 bits per heavy atom. The lowest BCUT2D eigenvalue weighted by Gasteiger charge is -2.03. The smallest absolute Gasteiger partial charge is 0.135 e. The van der Waals surface area contributed by atoms with Crippen molar-refractivity contribution in [1.29, 1.82) is 0 Å². The molecule has 0 aliphatic carbocycles. The summed E-state index contributed by atoms with van der Waals surface area (Å²) in [6.07, 6.45) is 2.58. The van der Waals surface area contributed by atoms with Gasteiger partial charge >= 0.3 is 0 Å². The van der Waals surface area contributed by atoms with E-state index in [9.17, 15) is 0 Å². The normalized spacial score (nSPS) is 13.2. The molecule has 6 heteroatoms. The number of nitrogens with two attached hydrogens (primary N) is 2. The fourth-order valence-corrected chi connectivity index (χ4v) is 3.88. The molecule has 0 fully saturated rings. The highest BCUT2D eigenvalue weighted by Gasteiger charge is 2.10. The van der Waals surface area contributed by atoms with Crippen LogP contribution in [0.3, 0.4) is 0 Å². The number of furan rings is 2. The molecule has 0 amide bonds. The highest BCUT2D eigenvalue weighted by Crippen LogP contribution is 2.25. The molecular weight excluding hydrogens is 412 g/mol. The molecule has 2 aromatic heterocycles. The third-order valence-electron chi connectivity index (χ3n) is 5.37. The lowest BCUT2D eigenvalue weighted by Crippen LogP contribution is -2.15. The second-order valence-corrected chi connectivity index (χ2v) is 9.00. The van der Waals surface area contributed by atoms with Gasteiger partial charge in [0.2, 0.25) is 0 Å². The molecule has 0 saturated carbocycles. The lowest BCUT2D eigenvalue weighted by molar-refractivity contribution is 0.510. The van der Waals surface area contributed by atoms with Gasteiger partial charge in [-0.1, -0.05) is 24.3 Å². The van der Waals surface area contributed by atoms with E-state index >= 15 is 0 Å². The molecule has 6 nitrogen and oxygen atoms in total. The van der Waals surface area contributed by atoms with Gasteiger partial charge in [0.1, 0.15) is 34.4 Å². The molecule has 0 aliphatic heterocycles. The largest absolute Gasteiger partial charge is 0.461 e. The molecule has 2 heterocycles. The zero-order valence-electron chi connectivity index (χ0n) is 19.8. The Hall–Kier alpha value is -3.54. The first-order valence-electron chi connectivity index (χ1n) is 11.5. The summed E-state index contributed by atoms with van der Waals surface area (Å²) < 4.78 is 12.1. The van der Waals surface area contributed by atoms with E-state index < -0.39 is 0 Å². The SMILES string of the molecule is CC(C)N=C(N)c1ccc2cc(CCCc3cc4ccc(C(N)=NC(C)C)cc4o3)oc2c1. The molecule has 0 radical (unpaired) electrons. The first kappa shape index (κ1) is 22.6. The molecule has 0 aliphatic rings. The molecule has 0 saturated heterocycles. The van der Waals surface area contributed by atoms with E-state index in [1.165, 1.54) is 0 Å². The summed E-state index contributed by atoms with van der Waals surface area (Å²) in [6, 6.07) is 16.5. The number of aryl methyl sites for hydroxylation is 2. The molecule has 0 spiro atoms. The van der Waals surface area contributed by atoms with Crippen molar-refractivity contribution in [2.75, 3.05) is 0 Å². The minimum Gasteiger partial charge on any atom is -0.461 e. The van der Waals surface area contributed by atoms with E-state index in [1.807, 2.05) is 64.1 Å². The van der Waals surface area contributed by atoms with Crippen LogP contribution in [0.2, 0.25) is 0 Å². The van der Waals surface area contributed by atoms with Gasteiger partial charge in [0.05, 0.1) is 0 Å². The van der Waals surface area contributed by atoms with Crippen molar-refractivity contribution in [3.63, 3.8) is 0 Å². The number of fused-ring (bicyclic) bond motifs is 2. The van der Waals surface area contributed by atoms with Crippen molar-refractivity contribution in [1.82, 2.24) is 0 Å². The molecule has 172 valence electrons. The van der Waals surface area contributed by atoms with Crippen molar-refractivity contribution < 1.29 is 8.83 Å². The maximum absolute atomic E-state index is 6.10. The minimum atomic E-state index is 0.156. The highest BCUT2D eigenvalue weighted by atomic mass is 16.3. The number of rotatable bonds is 8. The van der Waals surface area contributed by atoms with E-state index in [1.54, 1.807) is 0 Å². The predicted octanol–water partition coefficient (Wildman–Crippen LogP) is 5.58. The van der Waals surface area contributed by atoms with Crippen LogP contribution >= 0.6 is 0 Å². The average Bonchev–Trinajstić information content (AvgIpc) is 3.34. The minimum absolute atomic E-state index is 0.156. The van der Waals surface area contributed by atoms with Crippen molar-refractivity contribution in [3.05, 3.63) is 71.2 Å². The Morgan fingerprint density at radius 3 is 1.52 bits per heavy atom. The summed E-state index contributed by atoms with van der Waals surface area (Å²) in [6.45, 7) is 8.03. The van der Waals surface area contributed by atoms with Gasteiger partial charge in [-0.05, 0) is 58.4 Å². The van der Waals surface area contributed by atoms with E-state index in [0.29, 0.717) is 11.7 Å². The van der Waals surface area contributed by atoms with E-state index in [2.05, 4.69) is 22.1 Å². The van der Waals surface area contributed by atoms with Gasteiger partial charge in [-0.25, -0.2) is 0 Å². The summed E-state index contributed by atoms with van der Waals surface area (Å²) in [4.78, 5) is 8.84. The first-order chi connectivity index (χ1) is 15.8. The Labute approximate surface area is 194 Å². The zero-order chi connectivity index (χ0) is 23.5. The third-order valence-corrected chi connectivity index (χ3v) is 5.37. The second kappa shape index (κ2) is 9.53. The summed E-state index contributed by atoms with van der Waals surface area (Å²) in [5.41, 5.74) is 15.6. The molecular formula is C27H32N4O2. The molecule has 4 aromatic rings. The van der Waals surface area contributed by atoms with Crippen LogP contribution in [0.5, 0.6) is 0 Å². The Kier molecular flexibility index (Phi) is 6.54. The standard InChI is InChI=1S/C27H32N4O2/c1-16(2)30-26(28)20-10-8-18-12-22(32-24(18)14-20)6-5-7-23-13-19-9-11-21(15-25(19)33-23)27(29)31-17(3)4/h8-17H,5-7H2,1-4H3,(H2,28,30)(H2,29,31). The van der Waals surface area contributed by atoms with Crippen LogP contribution in [0.25, 0.3) is 21.9 Å². The van der Waals surface area contributed by atoms with Crippen molar-refractivity contribution in [2.45, 2.75) is 59.0 Å². The summed E-state index contributed by atoms with van der Waals surface area (Å²) in [7, 11) is 0. The van der Waals surface area contributed by atoms with Crippen LogP contribution in [0, 0.1) is 0 Å². The number of benzene rings is 2. The molecule has 0 unspecified atom stereocenters. The van der Waals surface area contributed by atoms with Gasteiger partial charge < -0.3 is 20.3 Å². The molecule has 0 bridgehead atoms. The number of nitrogens with zero attached hydrogens (tertiary/aromatic N) is 2. The number of hydrogen-bond donors (Lipinski definition) is 2. The molecule has 0 atom stereocenters. The first-order valence-corrected chi connectivity index (χ1v) is 11.5. The van der Waals surface area contributed by atoms with Crippen molar-refractivity contribution in [2.24, 2.45) is 21.5 Å². The van der Waals surface area contributed by atoms with Crippen LogP contribution in [-0.4, -0.2) is 23.8 Å². The summed E-state index contributed by atoms with van der Waals surface area (Å²) >= 11 is 0. The van der Waals surface area contributed by atoms with Crippen molar-refractivity contribution >= 4 is 33.6 Å². The van der Waals surface area contributed by atoms with E-state index in [0.717, 1.165) is 63.8 Å². The van der Waals surface area contributed by atoms with Crippen LogP contribution < -0.4 is 11.5 Å². The number of amidine groups is 2. The zero-order valence-corrected chi connectivity index (χ0v) is 19.8. The second-order valence-electron chi connectivity index (χ2n) is 9.00. The molecule has 4 rings (SSSR count). The van der Waals surface area contributed by atoms with Gasteiger partial charge in [-0.15, -0.1) is 0 Å². The number of aliphatic imine (C=N–C) groups is 2. The Balaban J connectivity index is 1.42. The number of hydrogen-bond acceptors (Lipinski definition) is 4. The quantitative estimate of drug-likeness (QED) is 0.273. The van der Waals surface area contributed by atoms with E-state index in [-0.39, 0.29) is 12.1 Å². The monoisotopic (exact) mass is 444 g/mol. The molecule has 33 heavy (non-hydrogen) atoms. The van der Waals surface area contributed by atoms with Crippen LogP contribution in [-0.2, 0) is 12.8 Å². The van der Waals surface area contributed by atoms with Gasteiger partial charge in [0, 0.05) is 46.8 Å². The highest BCUT2D eigenvalue weighted by molar-refractivity contribution is 6.01. The summed E-state index contributed by atoms with van der Waals surface area (Å²) in [5, 5.41) is 2.14. The Morgan fingerprint density at radius 1 is 0.697 bits per heavy atom.